The van der Waals surface area contributed by atoms with Crippen molar-refractivity contribution in [3.8, 4) is 0 Å². The molecule has 0 aliphatic heterocycles. The van der Waals surface area contributed by atoms with Crippen LogP contribution in [0.5, 0.6) is 0 Å². The minimum atomic E-state index is -0.113. The van der Waals surface area contributed by atoms with Gasteiger partial charge in [0.15, 0.2) is 11.5 Å². The number of carbonyl (C=O) groups is 1. The van der Waals surface area contributed by atoms with Crippen LogP contribution in [0.25, 0.3) is 16.6 Å². The number of rotatable bonds is 4. The average molecular weight is 343 g/mol. The number of hydrogen-bond donors (Lipinski definition) is 1. The van der Waals surface area contributed by atoms with Crippen molar-refractivity contribution < 1.29 is 4.79 Å². The molecule has 1 aliphatic carbocycles. The van der Waals surface area contributed by atoms with E-state index in [1.807, 2.05) is 59.1 Å². The van der Waals surface area contributed by atoms with E-state index >= 15 is 0 Å². The van der Waals surface area contributed by atoms with Gasteiger partial charge < -0.3 is 5.32 Å². The van der Waals surface area contributed by atoms with E-state index in [1.165, 1.54) is 0 Å². The molecule has 6 nitrogen and oxygen atoms in total. The second-order valence-corrected chi connectivity index (χ2v) is 6.61. The molecule has 3 heterocycles. The third-order valence-corrected chi connectivity index (χ3v) is 4.77. The largest absolute Gasteiger partial charge is 0.345 e. The van der Waals surface area contributed by atoms with Crippen LogP contribution in [0.4, 0.5) is 0 Å². The fraction of sp³-hybridized carbons (Fsp3) is 0.200. The van der Waals surface area contributed by atoms with Crippen molar-refractivity contribution in [3.05, 3.63) is 71.8 Å². The summed E-state index contributed by atoms with van der Waals surface area (Å²) < 4.78 is 1.88. The maximum Gasteiger partial charge on any atom is 0.252 e. The number of pyridine rings is 2. The van der Waals surface area contributed by atoms with Gasteiger partial charge in [0.2, 0.25) is 0 Å². The molecule has 1 N–H and O–H groups in total. The molecule has 1 aromatic carbocycles. The topological polar surface area (TPSA) is 72.2 Å². The van der Waals surface area contributed by atoms with E-state index in [9.17, 15) is 4.79 Å². The third kappa shape index (κ3) is 2.60. The van der Waals surface area contributed by atoms with Crippen LogP contribution >= 0.6 is 0 Å². The number of para-hydroxylation sites is 1. The molecule has 3 aromatic heterocycles. The maximum absolute atomic E-state index is 12.9. The first-order valence-corrected chi connectivity index (χ1v) is 8.76. The van der Waals surface area contributed by atoms with Crippen LogP contribution in [0.2, 0.25) is 0 Å². The van der Waals surface area contributed by atoms with Gasteiger partial charge in [0.1, 0.15) is 0 Å². The summed E-state index contributed by atoms with van der Waals surface area (Å²) in [6.45, 7) is 0.319. The molecule has 26 heavy (non-hydrogen) atoms. The molecule has 1 saturated carbocycles. The molecule has 128 valence electrons. The van der Waals surface area contributed by atoms with Crippen LogP contribution < -0.4 is 5.32 Å². The Bertz CT molecular complexity index is 1130. The minimum absolute atomic E-state index is 0.113. The first-order chi connectivity index (χ1) is 12.8. The van der Waals surface area contributed by atoms with Crippen molar-refractivity contribution in [2.45, 2.75) is 25.3 Å². The molecule has 0 unspecified atom stereocenters. The van der Waals surface area contributed by atoms with Crippen LogP contribution in [0, 0.1) is 0 Å². The molecule has 1 amide bonds. The summed E-state index contributed by atoms with van der Waals surface area (Å²) in [6.07, 6.45) is 4.19. The fourth-order valence-electron chi connectivity index (χ4n) is 3.24. The zero-order valence-electron chi connectivity index (χ0n) is 14.1. The predicted molar refractivity (Wildman–Crippen MR) is 97.9 cm³/mol. The Labute approximate surface area is 149 Å². The number of aromatic nitrogens is 4. The van der Waals surface area contributed by atoms with Crippen LogP contribution in [0.1, 0.15) is 40.6 Å². The molecule has 6 heteroatoms. The lowest BCUT2D eigenvalue weighted by atomic mass is 10.1. The monoisotopic (exact) mass is 343 g/mol. The molecule has 1 fully saturated rings. The standard InChI is InChI=1S/C20H17N5O/c26-20(21-12-19-24-23-18-7-3-4-10-25(18)19)15-11-17(13-8-9-13)22-16-6-2-1-5-14(15)16/h1-7,10-11,13H,8-9,12H2,(H,21,26). The SMILES string of the molecule is O=C(NCc1nnc2ccccn12)c1cc(C2CC2)nc2ccccc12. The van der Waals surface area contributed by atoms with Crippen molar-refractivity contribution >= 4 is 22.5 Å². The summed E-state index contributed by atoms with van der Waals surface area (Å²) in [6, 6.07) is 15.5. The summed E-state index contributed by atoms with van der Waals surface area (Å²) in [4.78, 5) is 17.6. The molecular formula is C20H17N5O. The number of benzene rings is 1. The van der Waals surface area contributed by atoms with Crippen molar-refractivity contribution in [2.24, 2.45) is 0 Å². The Morgan fingerprint density at radius 2 is 1.96 bits per heavy atom. The van der Waals surface area contributed by atoms with Gasteiger partial charge in [-0.15, -0.1) is 10.2 Å². The van der Waals surface area contributed by atoms with Crippen molar-refractivity contribution in [1.29, 1.82) is 0 Å². The van der Waals surface area contributed by atoms with Gasteiger partial charge in [0, 0.05) is 23.2 Å². The first kappa shape index (κ1) is 15.0. The normalized spacial score (nSPS) is 14.0. The Kier molecular flexibility index (Phi) is 3.41. The summed E-state index contributed by atoms with van der Waals surface area (Å²) in [5.74, 6) is 1.08. The summed E-state index contributed by atoms with van der Waals surface area (Å²) in [7, 11) is 0. The van der Waals surface area contributed by atoms with Gasteiger partial charge in [-0.1, -0.05) is 24.3 Å². The Hall–Kier alpha value is -3.28. The van der Waals surface area contributed by atoms with Crippen LogP contribution in [-0.2, 0) is 6.54 Å². The molecule has 1 aliphatic rings. The lowest BCUT2D eigenvalue weighted by molar-refractivity contribution is 0.0951. The molecule has 4 aromatic rings. The maximum atomic E-state index is 12.9. The highest BCUT2D eigenvalue weighted by Crippen LogP contribution is 2.40. The zero-order valence-corrected chi connectivity index (χ0v) is 14.1. The van der Waals surface area contributed by atoms with E-state index in [0.29, 0.717) is 23.9 Å². The van der Waals surface area contributed by atoms with E-state index in [2.05, 4.69) is 15.5 Å². The lowest BCUT2D eigenvalue weighted by Gasteiger charge is -2.10. The molecular weight excluding hydrogens is 326 g/mol. The predicted octanol–water partition coefficient (Wildman–Crippen LogP) is 3.08. The van der Waals surface area contributed by atoms with E-state index in [0.717, 1.165) is 35.1 Å². The van der Waals surface area contributed by atoms with Gasteiger partial charge in [-0.25, -0.2) is 0 Å². The van der Waals surface area contributed by atoms with Crippen molar-refractivity contribution in [3.63, 3.8) is 0 Å². The Balaban J connectivity index is 1.46. The molecule has 0 spiro atoms. The lowest BCUT2D eigenvalue weighted by Crippen LogP contribution is -2.24. The highest BCUT2D eigenvalue weighted by atomic mass is 16.1. The minimum Gasteiger partial charge on any atom is -0.345 e. The molecule has 0 atom stereocenters. The average Bonchev–Trinajstić information content (AvgIpc) is 3.46. The quantitative estimate of drug-likeness (QED) is 0.618. The highest BCUT2D eigenvalue weighted by molar-refractivity contribution is 6.06. The van der Waals surface area contributed by atoms with Crippen molar-refractivity contribution in [1.82, 2.24) is 24.9 Å². The first-order valence-electron chi connectivity index (χ1n) is 8.76. The second kappa shape index (κ2) is 5.91. The number of carbonyl (C=O) groups excluding carboxylic acids is 1. The van der Waals surface area contributed by atoms with Gasteiger partial charge in [-0.2, -0.15) is 0 Å². The number of hydrogen-bond acceptors (Lipinski definition) is 4. The van der Waals surface area contributed by atoms with Crippen LogP contribution in [-0.4, -0.2) is 25.5 Å². The fourth-order valence-corrected chi connectivity index (χ4v) is 3.24. The van der Waals surface area contributed by atoms with E-state index < -0.39 is 0 Å². The third-order valence-electron chi connectivity index (χ3n) is 4.77. The van der Waals surface area contributed by atoms with Crippen molar-refractivity contribution in [2.75, 3.05) is 0 Å². The number of amides is 1. The van der Waals surface area contributed by atoms with Crippen LogP contribution in [0.3, 0.4) is 0 Å². The number of fused-ring (bicyclic) bond motifs is 2. The zero-order chi connectivity index (χ0) is 17.5. The summed E-state index contributed by atoms with van der Waals surface area (Å²) in [5.41, 5.74) is 3.32. The molecule has 0 radical (unpaired) electrons. The van der Waals surface area contributed by atoms with E-state index in [1.54, 1.807) is 0 Å². The summed E-state index contributed by atoms with van der Waals surface area (Å²) >= 11 is 0. The van der Waals surface area contributed by atoms with Gasteiger partial charge in [0.25, 0.3) is 5.91 Å². The number of nitrogens with one attached hydrogen (secondary N) is 1. The van der Waals surface area contributed by atoms with E-state index in [4.69, 9.17) is 4.98 Å². The Morgan fingerprint density at radius 1 is 1.12 bits per heavy atom. The molecule has 5 rings (SSSR count). The van der Waals surface area contributed by atoms with Gasteiger partial charge >= 0.3 is 0 Å². The van der Waals surface area contributed by atoms with Gasteiger partial charge in [-0.05, 0) is 37.1 Å². The van der Waals surface area contributed by atoms with Gasteiger partial charge in [0.05, 0.1) is 17.6 Å². The smallest absolute Gasteiger partial charge is 0.252 e. The van der Waals surface area contributed by atoms with E-state index in [-0.39, 0.29) is 5.91 Å². The van der Waals surface area contributed by atoms with Crippen LogP contribution in [0.15, 0.2) is 54.7 Å². The van der Waals surface area contributed by atoms with Gasteiger partial charge in [-0.3, -0.25) is 14.2 Å². The summed E-state index contributed by atoms with van der Waals surface area (Å²) in [5, 5.41) is 12.1. The second-order valence-electron chi connectivity index (χ2n) is 6.61. The number of nitrogens with zero attached hydrogens (tertiary/aromatic N) is 4. The molecule has 0 saturated heterocycles. The Morgan fingerprint density at radius 3 is 2.85 bits per heavy atom. The highest BCUT2D eigenvalue weighted by Gasteiger charge is 2.27. The molecule has 0 bridgehead atoms.